The Hall–Kier alpha value is -2.28. The van der Waals surface area contributed by atoms with E-state index in [1.807, 2.05) is 27.7 Å². The third-order valence-electron chi connectivity index (χ3n) is 3.19. The van der Waals surface area contributed by atoms with E-state index in [9.17, 15) is 26.4 Å². The summed E-state index contributed by atoms with van der Waals surface area (Å²) in [6, 6.07) is 1.74. The Morgan fingerprint density at radius 2 is 1.68 bits per heavy atom. The van der Waals surface area contributed by atoms with Gasteiger partial charge in [0, 0.05) is 18.2 Å². The molecule has 1 aromatic rings. The summed E-state index contributed by atoms with van der Waals surface area (Å²) in [5.41, 5.74) is 0.445. The highest BCUT2D eigenvalue weighted by Crippen LogP contribution is 2.13. The van der Waals surface area contributed by atoms with Crippen LogP contribution in [0.25, 0.3) is 0 Å². The van der Waals surface area contributed by atoms with Gasteiger partial charge in [-0.2, -0.15) is 21.6 Å². The van der Waals surface area contributed by atoms with Gasteiger partial charge in [0.15, 0.2) is 12.7 Å². The summed E-state index contributed by atoms with van der Waals surface area (Å²) in [7, 11) is -4.02. The molecular formula is C15H23F3N3O6S+. The third kappa shape index (κ3) is 9.60. The summed E-state index contributed by atoms with van der Waals surface area (Å²) in [6.45, 7) is 7.81. The molecule has 13 heteroatoms. The summed E-state index contributed by atoms with van der Waals surface area (Å²) in [5, 5.41) is 11.1. The van der Waals surface area contributed by atoms with Crippen molar-refractivity contribution in [1.29, 1.82) is 0 Å². The molecule has 2 N–H and O–H groups in total. The Balaban J connectivity index is 0.000000887. The van der Waals surface area contributed by atoms with Crippen LogP contribution >= 0.6 is 0 Å². The Kier molecular flexibility index (Phi) is 9.48. The maximum atomic E-state index is 12.4. The number of carbonyl (C=O) groups is 2. The van der Waals surface area contributed by atoms with Gasteiger partial charge in [0.05, 0.1) is 5.56 Å². The van der Waals surface area contributed by atoms with E-state index in [1.165, 1.54) is 17.1 Å². The minimum atomic E-state index is -5.08. The molecule has 1 amide bonds. The molecule has 28 heavy (non-hydrogen) atoms. The summed E-state index contributed by atoms with van der Waals surface area (Å²) >= 11 is 0. The normalized spacial score (nSPS) is 11.8. The molecule has 0 spiro atoms. The number of alkyl halides is 3. The van der Waals surface area contributed by atoms with E-state index in [0.717, 1.165) is 0 Å². The Labute approximate surface area is 160 Å². The summed E-state index contributed by atoms with van der Waals surface area (Å²) < 4.78 is 63.1. The van der Waals surface area contributed by atoms with Crippen molar-refractivity contribution in [3.05, 3.63) is 24.0 Å². The van der Waals surface area contributed by atoms with Crippen LogP contribution in [0.3, 0.4) is 0 Å². The first-order chi connectivity index (χ1) is 12.6. The second kappa shape index (κ2) is 10.3. The molecule has 9 nitrogen and oxygen atoms in total. The van der Waals surface area contributed by atoms with E-state index in [1.54, 1.807) is 11.0 Å². The molecule has 0 unspecified atom stereocenters. The minimum Gasteiger partial charge on any atom is -0.475 e. The fourth-order valence-electron chi connectivity index (χ4n) is 2.07. The van der Waals surface area contributed by atoms with Crippen LogP contribution in [0.15, 0.2) is 18.5 Å². The zero-order valence-electron chi connectivity index (χ0n) is 15.7. The number of aliphatic carboxylic acids is 1. The molecule has 0 aromatic carbocycles. The molecular weight excluding hydrogens is 407 g/mol. The number of aromatic nitrogens is 2. The highest BCUT2D eigenvalue weighted by atomic mass is 32.2. The molecule has 0 aliphatic heterocycles. The van der Waals surface area contributed by atoms with Gasteiger partial charge in [0.2, 0.25) is 0 Å². The molecule has 0 fully saturated rings. The fourth-order valence-corrected chi connectivity index (χ4v) is 2.48. The van der Waals surface area contributed by atoms with E-state index in [0.29, 0.717) is 5.56 Å². The lowest BCUT2D eigenvalue weighted by Gasteiger charge is -2.30. The number of amides is 1. The van der Waals surface area contributed by atoms with Gasteiger partial charge >= 0.3 is 12.1 Å². The van der Waals surface area contributed by atoms with Crippen molar-refractivity contribution in [3.8, 4) is 0 Å². The van der Waals surface area contributed by atoms with Crippen molar-refractivity contribution in [1.82, 2.24) is 10.00 Å². The third-order valence-corrected chi connectivity index (χ3v) is 3.88. The Morgan fingerprint density at radius 1 is 1.21 bits per heavy atom. The smallest absolute Gasteiger partial charge is 0.475 e. The zero-order valence-corrected chi connectivity index (χ0v) is 16.5. The van der Waals surface area contributed by atoms with Crippen molar-refractivity contribution in [2.45, 2.75) is 52.5 Å². The van der Waals surface area contributed by atoms with Crippen LogP contribution in [-0.4, -0.2) is 64.0 Å². The first-order valence-corrected chi connectivity index (χ1v) is 9.61. The lowest BCUT2D eigenvalue weighted by Crippen LogP contribution is -2.44. The molecule has 1 rings (SSSR count). The molecule has 1 aromatic heterocycles. The number of carboxylic acids is 1. The number of hydrogen-bond acceptors (Lipinski definition) is 5. The van der Waals surface area contributed by atoms with Crippen molar-refractivity contribution in [3.63, 3.8) is 0 Å². The summed E-state index contributed by atoms with van der Waals surface area (Å²) in [5.74, 6) is -3.29. The van der Waals surface area contributed by atoms with Gasteiger partial charge in [0.25, 0.3) is 16.0 Å². The van der Waals surface area contributed by atoms with Crippen molar-refractivity contribution >= 4 is 22.0 Å². The first kappa shape index (κ1) is 25.7. The summed E-state index contributed by atoms with van der Waals surface area (Å²) in [4.78, 5) is 23.0. The van der Waals surface area contributed by atoms with Gasteiger partial charge in [-0.1, -0.05) is 4.68 Å². The van der Waals surface area contributed by atoms with E-state index in [2.05, 4.69) is 5.10 Å². The maximum absolute atomic E-state index is 12.4. The minimum absolute atomic E-state index is 0.0331. The van der Waals surface area contributed by atoms with Gasteiger partial charge in [-0.05, 0) is 32.8 Å². The van der Waals surface area contributed by atoms with Gasteiger partial charge in [-0.15, -0.1) is 0 Å². The number of carbonyl (C=O) groups excluding carboxylic acids is 1. The zero-order chi connectivity index (χ0) is 22.3. The van der Waals surface area contributed by atoms with Crippen LogP contribution in [0.1, 0.15) is 38.1 Å². The monoisotopic (exact) mass is 430 g/mol. The van der Waals surface area contributed by atoms with Gasteiger partial charge < -0.3 is 10.0 Å². The van der Waals surface area contributed by atoms with Crippen LogP contribution in [-0.2, 0) is 21.5 Å². The number of hydrogen-bond donors (Lipinski definition) is 2. The Bertz CT molecular complexity index is 756. The lowest BCUT2D eigenvalue weighted by molar-refractivity contribution is -0.750. The standard InChI is InChI=1S/C13H21N3O4S.C2HF3O2/c1-10(2)16(11(3)4)13(17)12-5-6-15(14-9-12)7-8-21(18,19)20;3-2(4,5)1(6)7/h5-6,9-11H,7-8H2,1-4H3;(H,6,7)/p+1. The molecule has 0 radical (unpaired) electrons. The molecule has 1 heterocycles. The predicted molar refractivity (Wildman–Crippen MR) is 91.0 cm³/mol. The van der Waals surface area contributed by atoms with E-state index in [-0.39, 0.29) is 24.5 Å². The van der Waals surface area contributed by atoms with Gasteiger partial charge in [0.1, 0.15) is 11.9 Å². The van der Waals surface area contributed by atoms with Crippen molar-refractivity contribution in [2.75, 3.05) is 5.75 Å². The largest absolute Gasteiger partial charge is 0.490 e. The first-order valence-electron chi connectivity index (χ1n) is 8.00. The number of aryl methyl sites for hydroxylation is 1. The fraction of sp³-hybridized carbons (Fsp3) is 0.600. The highest BCUT2D eigenvalue weighted by molar-refractivity contribution is 7.85. The molecule has 0 aliphatic carbocycles. The second-order valence-corrected chi connectivity index (χ2v) is 7.74. The SMILES string of the molecule is CC(C)N(C(=O)c1cc[n+](CCS(=O)(=O)O)nc1)C(C)C.O=C(O)C(F)(F)F. The molecule has 160 valence electrons. The molecule has 0 saturated heterocycles. The molecule has 0 saturated carbocycles. The van der Waals surface area contributed by atoms with Crippen LogP contribution in [0, 0.1) is 0 Å². The quantitative estimate of drug-likeness (QED) is 0.512. The Morgan fingerprint density at radius 3 is 1.96 bits per heavy atom. The van der Waals surface area contributed by atoms with Gasteiger partial charge in [-0.25, -0.2) is 4.79 Å². The van der Waals surface area contributed by atoms with Crippen molar-refractivity contribution in [2.24, 2.45) is 0 Å². The molecule has 0 aliphatic rings. The van der Waals surface area contributed by atoms with Crippen LogP contribution < -0.4 is 4.68 Å². The topological polar surface area (TPSA) is 129 Å². The van der Waals surface area contributed by atoms with Crippen molar-refractivity contribution < 1.29 is 45.5 Å². The number of nitrogens with zero attached hydrogens (tertiary/aromatic N) is 3. The summed E-state index contributed by atoms with van der Waals surface area (Å²) in [6.07, 6.45) is -2.15. The molecule has 0 atom stereocenters. The number of halogens is 3. The second-order valence-electron chi connectivity index (χ2n) is 6.17. The highest BCUT2D eigenvalue weighted by Gasteiger charge is 2.38. The maximum Gasteiger partial charge on any atom is 0.490 e. The average molecular weight is 430 g/mol. The van der Waals surface area contributed by atoms with Crippen LogP contribution in [0.4, 0.5) is 13.2 Å². The van der Waals surface area contributed by atoms with Crippen LogP contribution in [0.2, 0.25) is 0 Å². The lowest BCUT2D eigenvalue weighted by atomic mass is 10.2. The number of carboxylic acid groups (broad SMARTS) is 1. The number of rotatable bonds is 6. The van der Waals surface area contributed by atoms with E-state index >= 15 is 0 Å². The van der Waals surface area contributed by atoms with Gasteiger partial charge in [-0.3, -0.25) is 9.35 Å². The van der Waals surface area contributed by atoms with E-state index in [4.69, 9.17) is 14.5 Å². The van der Waals surface area contributed by atoms with E-state index < -0.39 is 28.0 Å². The van der Waals surface area contributed by atoms with Crippen LogP contribution in [0.5, 0.6) is 0 Å². The molecule has 0 bridgehead atoms. The predicted octanol–water partition coefficient (Wildman–Crippen LogP) is 1.15. The average Bonchev–Trinajstić information content (AvgIpc) is 2.51.